The zero-order valence-corrected chi connectivity index (χ0v) is 22.1. The smallest absolute Gasteiger partial charge is 0.246 e. The molecule has 3 amide bonds. The summed E-state index contributed by atoms with van der Waals surface area (Å²) in [6.07, 6.45) is 4.77. The molecule has 0 radical (unpaired) electrons. The topological polar surface area (TPSA) is 108 Å². The van der Waals surface area contributed by atoms with Crippen LogP contribution in [0.3, 0.4) is 0 Å². The summed E-state index contributed by atoms with van der Waals surface area (Å²) in [6, 6.07) is -0.763. The minimum absolute atomic E-state index is 0.0198. The molecule has 3 heterocycles. The van der Waals surface area contributed by atoms with E-state index in [0.717, 1.165) is 12.8 Å². The van der Waals surface area contributed by atoms with E-state index in [1.165, 1.54) is 0 Å². The monoisotopic (exact) mass is 479 g/mol. The number of nitrogens with one attached hydrogen (secondary N) is 2. The van der Waals surface area contributed by atoms with E-state index in [1.807, 2.05) is 20.8 Å². The number of unbranched alkanes of at least 4 members (excludes halogenated alkanes) is 2. The normalized spacial score (nSPS) is 32.8. The Hall–Kier alpha value is -1.67. The van der Waals surface area contributed by atoms with Crippen molar-refractivity contribution in [1.82, 2.24) is 15.5 Å². The van der Waals surface area contributed by atoms with E-state index in [4.69, 9.17) is 9.84 Å². The van der Waals surface area contributed by atoms with Crippen LogP contribution in [0.25, 0.3) is 0 Å². The first-order chi connectivity index (χ1) is 15.8. The molecular formula is C26H45N3O5. The molecule has 5 atom stereocenters. The number of fused-ring (bicyclic) bond motifs is 1. The number of aliphatic hydroxyl groups is 1. The second-order valence-electron chi connectivity index (χ2n) is 12.4. The molecule has 34 heavy (non-hydrogen) atoms. The Morgan fingerprint density at radius 1 is 1.12 bits per heavy atom. The molecule has 194 valence electrons. The van der Waals surface area contributed by atoms with Crippen LogP contribution in [0.5, 0.6) is 0 Å². The Morgan fingerprint density at radius 3 is 2.35 bits per heavy atom. The lowest BCUT2D eigenvalue weighted by molar-refractivity contribution is -0.148. The minimum Gasteiger partial charge on any atom is -0.396 e. The van der Waals surface area contributed by atoms with Crippen molar-refractivity contribution in [3.63, 3.8) is 0 Å². The van der Waals surface area contributed by atoms with E-state index in [-0.39, 0.29) is 29.7 Å². The number of carbonyl (C=O) groups is 3. The lowest BCUT2D eigenvalue weighted by Gasteiger charge is -2.38. The minimum atomic E-state index is -0.983. The zero-order chi connectivity index (χ0) is 25.5. The van der Waals surface area contributed by atoms with Crippen LogP contribution in [0.4, 0.5) is 0 Å². The number of amides is 3. The van der Waals surface area contributed by atoms with Gasteiger partial charge in [0.2, 0.25) is 17.7 Å². The summed E-state index contributed by atoms with van der Waals surface area (Å²) in [6.45, 7) is 13.0. The zero-order valence-electron chi connectivity index (χ0n) is 22.1. The van der Waals surface area contributed by atoms with Crippen molar-refractivity contribution in [2.45, 2.75) is 109 Å². The van der Waals surface area contributed by atoms with E-state index in [0.29, 0.717) is 38.6 Å². The van der Waals surface area contributed by atoms with E-state index in [2.05, 4.69) is 31.4 Å². The van der Waals surface area contributed by atoms with Crippen LogP contribution in [0, 0.1) is 17.3 Å². The van der Waals surface area contributed by atoms with Crippen LogP contribution in [-0.4, -0.2) is 70.7 Å². The highest BCUT2D eigenvalue weighted by Gasteiger charge is 2.78. The van der Waals surface area contributed by atoms with Gasteiger partial charge in [0.15, 0.2) is 0 Å². The molecule has 3 aliphatic heterocycles. The maximum absolute atomic E-state index is 13.9. The van der Waals surface area contributed by atoms with Crippen molar-refractivity contribution in [3.05, 3.63) is 0 Å². The van der Waals surface area contributed by atoms with Gasteiger partial charge in [0.1, 0.15) is 11.6 Å². The van der Waals surface area contributed by atoms with E-state index in [9.17, 15) is 14.4 Å². The van der Waals surface area contributed by atoms with Gasteiger partial charge >= 0.3 is 0 Å². The highest BCUT2D eigenvalue weighted by atomic mass is 16.5. The molecule has 0 aromatic heterocycles. The number of carbonyl (C=O) groups excluding carboxylic acids is 3. The third-order valence-electron chi connectivity index (χ3n) is 7.95. The van der Waals surface area contributed by atoms with E-state index >= 15 is 0 Å². The van der Waals surface area contributed by atoms with Gasteiger partial charge in [-0.15, -0.1) is 0 Å². The highest BCUT2D eigenvalue weighted by Crippen LogP contribution is 2.64. The van der Waals surface area contributed by atoms with Gasteiger partial charge in [-0.1, -0.05) is 27.7 Å². The van der Waals surface area contributed by atoms with Gasteiger partial charge in [-0.3, -0.25) is 14.4 Å². The number of rotatable bonds is 10. The van der Waals surface area contributed by atoms with Crippen molar-refractivity contribution in [1.29, 1.82) is 0 Å². The summed E-state index contributed by atoms with van der Waals surface area (Å²) in [7, 11) is 1.59. The van der Waals surface area contributed by atoms with Gasteiger partial charge in [0.05, 0.1) is 17.4 Å². The predicted molar refractivity (Wildman–Crippen MR) is 130 cm³/mol. The lowest BCUT2D eigenvalue weighted by Crippen LogP contribution is -2.59. The number of hydrogen-bond acceptors (Lipinski definition) is 5. The van der Waals surface area contributed by atoms with Crippen LogP contribution in [0.15, 0.2) is 0 Å². The summed E-state index contributed by atoms with van der Waals surface area (Å²) in [4.78, 5) is 42.5. The van der Waals surface area contributed by atoms with Gasteiger partial charge in [0.25, 0.3) is 0 Å². The summed E-state index contributed by atoms with van der Waals surface area (Å²) < 4.78 is 6.71. The maximum atomic E-state index is 13.9. The van der Waals surface area contributed by atoms with Gasteiger partial charge in [0, 0.05) is 25.7 Å². The molecule has 0 aromatic carbocycles. The number of aliphatic hydroxyl groups excluding tert-OH is 1. The first-order valence-electron chi connectivity index (χ1n) is 12.9. The standard InChI is InChI=1S/C26H45N3O5/c1-8-25-12-13-26(34-25)18(17(25)20(31)27-7)22(33)29(14-10-9-11-15-30)19(26)21(32)28-24(5,6)16-23(2,3)4/h17-19,30H,8-16H2,1-7H3,(H,27,31)(H,28,32)/t17-,18-,19?,25+,26?/m0/s1. The fourth-order valence-corrected chi connectivity index (χ4v) is 7.16. The SMILES string of the molecule is CC[C@]12CCC3(O1)C(C(=O)NC(C)(C)CC(C)(C)C)N(CCCCCO)C(=O)[C@@H]3[C@H]2C(=O)NC. The Kier molecular flexibility index (Phi) is 7.46. The molecule has 2 bridgehead atoms. The summed E-state index contributed by atoms with van der Waals surface area (Å²) >= 11 is 0. The van der Waals surface area contributed by atoms with E-state index < -0.39 is 34.6 Å². The molecule has 3 aliphatic rings. The van der Waals surface area contributed by atoms with Crippen molar-refractivity contribution < 1.29 is 24.2 Å². The van der Waals surface area contributed by atoms with Crippen molar-refractivity contribution in [2.24, 2.45) is 17.3 Å². The van der Waals surface area contributed by atoms with Crippen LogP contribution >= 0.6 is 0 Å². The average molecular weight is 480 g/mol. The van der Waals surface area contributed by atoms with Crippen LogP contribution in [0.1, 0.15) is 86.5 Å². The second-order valence-corrected chi connectivity index (χ2v) is 12.4. The molecule has 1 spiro atoms. The molecule has 3 N–H and O–H groups in total. The first-order valence-corrected chi connectivity index (χ1v) is 12.9. The summed E-state index contributed by atoms with van der Waals surface area (Å²) in [5.41, 5.74) is -2.13. The van der Waals surface area contributed by atoms with Gasteiger partial charge in [-0.05, 0) is 64.2 Å². The van der Waals surface area contributed by atoms with Crippen LogP contribution < -0.4 is 10.6 Å². The fraction of sp³-hybridized carbons (Fsp3) is 0.885. The van der Waals surface area contributed by atoms with Crippen LogP contribution in [0.2, 0.25) is 0 Å². The van der Waals surface area contributed by atoms with Gasteiger partial charge in [-0.2, -0.15) is 0 Å². The molecule has 8 nitrogen and oxygen atoms in total. The van der Waals surface area contributed by atoms with Crippen molar-refractivity contribution in [2.75, 3.05) is 20.2 Å². The maximum Gasteiger partial charge on any atom is 0.246 e. The Labute approximate surface area is 204 Å². The van der Waals surface area contributed by atoms with Crippen molar-refractivity contribution in [3.8, 4) is 0 Å². The number of nitrogens with zero attached hydrogens (tertiary/aromatic N) is 1. The summed E-state index contributed by atoms with van der Waals surface area (Å²) in [5, 5.41) is 15.1. The number of likely N-dealkylation sites (tertiary alicyclic amines) is 1. The first kappa shape index (κ1) is 26.9. The molecule has 0 saturated carbocycles. The lowest BCUT2D eigenvalue weighted by atomic mass is 9.65. The molecule has 2 unspecified atom stereocenters. The van der Waals surface area contributed by atoms with Gasteiger partial charge < -0.3 is 25.4 Å². The predicted octanol–water partition coefficient (Wildman–Crippen LogP) is 2.38. The molecule has 8 heteroatoms. The molecule has 0 aromatic rings. The van der Waals surface area contributed by atoms with Gasteiger partial charge in [-0.25, -0.2) is 0 Å². The second kappa shape index (κ2) is 9.41. The Morgan fingerprint density at radius 2 is 1.79 bits per heavy atom. The largest absolute Gasteiger partial charge is 0.396 e. The average Bonchev–Trinajstić information content (AvgIpc) is 3.32. The molecule has 0 aliphatic carbocycles. The Balaban J connectivity index is 1.98. The third-order valence-corrected chi connectivity index (χ3v) is 7.95. The summed E-state index contributed by atoms with van der Waals surface area (Å²) in [5.74, 6) is -1.78. The number of ether oxygens (including phenoxy) is 1. The molecule has 3 saturated heterocycles. The third kappa shape index (κ3) is 4.60. The fourth-order valence-electron chi connectivity index (χ4n) is 7.16. The van der Waals surface area contributed by atoms with E-state index in [1.54, 1.807) is 11.9 Å². The number of hydrogen-bond donors (Lipinski definition) is 3. The van der Waals surface area contributed by atoms with Crippen molar-refractivity contribution >= 4 is 17.7 Å². The van der Waals surface area contributed by atoms with Crippen LogP contribution in [-0.2, 0) is 19.1 Å². The molecule has 3 rings (SSSR count). The highest BCUT2D eigenvalue weighted by molar-refractivity contribution is 5.99. The molecule has 3 fully saturated rings. The quantitative estimate of drug-likeness (QED) is 0.417. The molecular weight excluding hydrogens is 434 g/mol. The Bertz CT molecular complexity index is 807.